The van der Waals surface area contributed by atoms with Gasteiger partial charge in [0.25, 0.3) is 0 Å². The van der Waals surface area contributed by atoms with Gasteiger partial charge in [0.1, 0.15) is 12.1 Å². The number of carbonyl (C=O) groups excluding carboxylic acids is 3. The van der Waals surface area contributed by atoms with Crippen molar-refractivity contribution in [1.29, 1.82) is 0 Å². The Labute approximate surface area is 389 Å². The molecule has 0 aromatic rings. The molecule has 2 amide bonds. The highest BCUT2D eigenvalue weighted by molar-refractivity contribution is 5.87. The molecule has 9 heteroatoms. The van der Waals surface area contributed by atoms with Gasteiger partial charge in [-0.1, -0.05) is 245 Å². The molecule has 0 spiro atoms. The Kier molecular flexibility index (Phi) is 47.6. The summed E-state index contributed by atoms with van der Waals surface area (Å²) in [5.41, 5.74) is 0. The number of carboxylic acids is 1. The predicted octanol–water partition coefficient (Wildman–Crippen LogP) is 14.8. The standard InChI is InChI=1S/C54H104N2O7/c1-3-5-7-9-11-13-15-17-19-20-21-22-23-24-25-27-29-31-33-38-42-46-53(60)63-49(43-39-35-32-30-28-26-18-16-14-12-10-8-6-4-2)44-40-36-34-37-41-45-51(58)55-47-52(59)56-50(48-57)54(61)62/h49-50,57H,3-48H2,1-2H3,(H,55,58)(H,56,59)(H,61,62). The third-order valence-electron chi connectivity index (χ3n) is 12.9. The van der Waals surface area contributed by atoms with Crippen molar-refractivity contribution in [2.75, 3.05) is 13.2 Å². The molecule has 0 aliphatic heterocycles. The maximum absolute atomic E-state index is 12.9. The molecular formula is C54H104N2O7. The average molecular weight is 893 g/mol. The smallest absolute Gasteiger partial charge is 0.328 e. The Bertz CT molecular complexity index is 1020. The summed E-state index contributed by atoms with van der Waals surface area (Å²) in [5.74, 6) is -2.26. The number of aliphatic carboxylic acids is 1. The zero-order valence-electron chi connectivity index (χ0n) is 41.6. The number of unbranched alkanes of at least 4 members (excludes halogenated alkanes) is 37. The molecule has 0 aliphatic carbocycles. The molecule has 63 heavy (non-hydrogen) atoms. The molecule has 2 atom stereocenters. The summed E-state index contributed by atoms with van der Waals surface area (Å²) in [6, 6.07) is -1.38. The van der Waals surface area contributed by atoms with E-state index in [1.54, 1.807) is 0 Å². The van der Waals surface area contributed by atoms with Crippen molar-refractivity contribution in [3.05, 3.63) is 0 Å². The molecule has 2 unspecified atom stereocenters. The Morgan fingerprint density at radius 2 is 0.714 bits per heavy atom. The summed E-state index contributed by atoms with van der Waals surface area (Å²) in [6.45, 7) is 3.54. The van der Waals surface area contributed by atoms with Gasteiger partial charge in [-0.25, -0.2) is 4.79 Å². The highest BCUT2D eigenvalue weighted by Gasteiger charge is 2.19. The van der Waals surface area contributed by atoms with Crippen molar-refractivity contribution < 1.29 is 34.1 Å². The van der Waals surface area contributed by atoms with E-state index in [0.29, 0.717) is 19.3 Å². The van der Waals surface area contributed by atoms with Gasteiger partial charge >= 0.3 is 11.9 Å². The van der Waals surface area contributed by atoms with Crippen molar-refractivity contribution in [1.82, 2.24) is 10.6 Å². The van der Waals surface area contributed by atoms with Gasteiger partial charge in [0.15, 0.2) is 0 Å². The first-order valence-electron chi connectivity index (χ1n) is 27.4. The molecule has 0 fully saturated rings. The van der Waals surface area contributed by atoms with Gasteiger partial charge in [-0.05, 0) is 38.5 Å². The number of carboxylic acid groups (broad SMARTS) is 1. The number of rotatable bonds is 51. The van der Waals surface area contributed by atoms with Gasteiger partial charge in [0.05, 0.1) is 13.2 Å². The lowest BCUT2D eigenvalue weighted by Gasteiger charge is -2.18. The van der Waals surface area contributed by atoms with Crippen LogP contribution in [0.3, 0.4) is 0 Å². The molecule has 0 radical (unpaired) electrons. The largest absolute Gasteiger partial charge is 0.480 e. The Hall–Kier alpha value is -2.16. The van der Waals surface area contributed by atoms with Crippen LogP contribution in [0.2, 0.25) is 0 Å². The molecule has 4 N–H and O–H groups in total. The van der Waals surface area contributed by atoms with E-state index < -0.39 is 24.5 Å². The normalized spacial score (nSPS) is 12.3. The number of aliphatic hydroxyl groups is 1. The van der Waals surface area contributed by atoms with E-state index in [1.807, 2.05) is 0 Å². The van der Waals surface area contributed by atoms with Crippen LogP contribution in [0, 0.1) is 0 Å². The van der Waals surface area contributed by atoms with E-state index >= 15 is 0 Å². The molecule has 0 aliphatic rings. The fraction of sp³-hybridized carbons (Fsp3) is 0.926. The minimum absolute atomic E-state index is 0.00628. The number of amides is 2. The molecule has 372 valence electrons. The van der Waals surface area contributed by atoms with E-state index in [9.17, 15) is 19.2 Å². The molecule has 0 saturated carbocycles. The molecule has 9 nitrogen and oxygen atoms in total. The van der Waals surface area contributed by atoms with E-state index in [1.165, 1.54) is 205 Å². The number of hydrogen-bond acceptors (Lipinski definition) is 6. The van der Waals surface area contributed by atoms with Crippen LogP contribution in [0.4, 0.5) is 0 Å². The van der Waals surface area contributed by atoms with Crippen LogP contribution in [0.25, 0.3) is 0 Å². The minimum Gasteiger partial charge on any atom is -0.480 e. The summed E-state index contributed by atoms with van der Waals surface area (Å²) < 4.78 is 6.09. The summed E-state index contributed by atoms with van der Waals surface area (Å²) in [7, 11) is 0. The topological polar surface area (TPSA) is 142 Å². The van der Waals surface area contributed by atoms with Crippen LogP contribution in [0.15, 0.2) is 0 Å². The highest BCUT2D eigenvalue weighted by Crippen LogP contribution is 2.20. The fourth-order valence-corrected chi connectivity index (χ4v) is 8.66. The fourth-order valence-electron chi connectivity index (χ4n) is 8.66. The van der Waals surface area contributed by atoms with Crippen molar-refractivity contribution >= 4 is 23.8 Å². The van der Waals surface area contributed by atoms with E-state index in [4.69, 9.17) is 14.9 Å². The number of aliphatic hydroxyl groups excluding tert-OH is 1. The minimum atomic E-state index is -1.38. The van der Waals surface area contributed by atoms with E-state index in [2.05, 4.69) is 24.5 Å². The SMILES string of the molecule is CCCCCCCCCCCCCCCCCCCCCCCC(=O)OC(CCCCCCCCCCCCCCCC)CCCCCCCC(=O)NCC(=O)NC(CO)C(=O)O. The Morgan fingerprint density at radius 3 is 1.03 bits per heavy atom. The predicted molar refractivity (Wildman–Crippen MR) is 264 cm³/mol. The lowest BCUT2D eigenvalue weighted by molar-refractivity contribution is -0.150. The second-order valence-corrected chi connectivity index (χ2v) is 19.0. The second kappa shape index (κ2) is 49.3. The van der Waals surface area contributed by atoms with Crippen molar-refractivity contribution in [2.24, 2.45) is 0 Å². The molecule has 0 aromatic heterocycles. The number of esters is 1. The van der Waals surface area contributed by atoms with Gasteiger partial charge in [0.2, 0.25) is 11.8 Å². The molecule has 0 heterocycles. The first kappa shape index (κ1) is 60.8. The van der Waals surface area contributed by atoms with E-state index in [0.717, 1.165) is 57.8 Å². The molecular weight excluding hydrogens is 789 g/mol. The monoisotopic (exact) mass is 893 g/mol. The number of ether oxygens (including phenoxy) is 1. The quantitative estimate of drug-likeness (QED) is 0.0352. The van der Waals surface area contributed by atoms with E-state index in [-0.39, 0.29) is 24.5 Å². The summed E-state index contributed by atoms with van der Waals surface area (Å²) in [4.78, 5) is 47.8. The van der Waals surface area contributed by atoms with Crippen LogP contribution >= 0.6 is 0 Å². The zero-order valence-corrected chi connectivity index (χ0v) is 41.6. The number of hydrogen-bond donors (Lipinski definition) is 4. The van der Waals surface area contributed by atoms with Gasteiger partial charge in [-0.15, -0.1) is 0 Å². The summed E-state index contributed by atoms with van der Waals surface area (Å²) in [5, 5.41) is 22.7. The number of carbonyl (C=O) groups is 4. The van der Waals surface area contributed by atoms with Gasteiger partial charge in [-0.2, -0.15) is 0 Å². The third-order valence-corrected chi connectivity index (χ3v) is 12.9. The van der Waals surface area contributed by atoms with Gasteiger partial charge in [0, 0.05) is 12.8 Å². The second-order valence-electron chi connectivity index (χ2n) is 19.0. The molecule has 0 bridgehead atoms. The Balaban J connectivity index is 4.19. The van der Waals surface area contributed by atoms with Crippen LogP contribution in [-0.2, 0) is 23.9 Å². The zero-order chi connectivity index (χ0) is 46.1. The third kappa shape index (κ3) is 46.2. The lowest BCUT2D eigenvalue weighted by Crippen LogP contribution is -2.47. The summed E-state index contributed by atoms with van der Waals surface area (Å²) >= 11 is 0. The Morgan fingerprint density at radius 1 is 0.413 bits per heavy atom. The molecule has 0 rings (SSSR count). The first-order chi connectivity index (χ1) is 30.8. The van der Waals surface area contributed by atoms with Crippen molar-refractivity contribution in [2.45, 2.75) is 309 Å². The van der Waals surface area contributed by atoms with Gasteiger partial charge < -0.3 is 25.6 Å². The maximum Gasteiger partial charge on any atom is 0.328 e. The molecule has 0 saturated heterocycles. The van der Waals surface area contributed by atoms with Crippen LogP contribution < -0.4 is 10.6 Å². The number of nitrogens with one attached hydrogen (secondary N) is 2. The maximum atomic E-state index is 12.9. The highest BCUT2D eigenvalue weighted by atomic mass is 16.5. The van der Waals surface area contributed by atoms with Gasteiger partial charge in [-0.3, -0.25) is 14.4 Å². The lowest BCUT2D eigenvalue weighted by atomic mass is 10.0. The van der Waals surface area contributed by atoms with Crippen LogP contribution in [0.1, 0.15) is 296 Å². The average Bonchev–Trinajstić information content (AvgIpc) is 3.27. The van der Waals surface area contributed by atoms with Crippen molar-refractivity contribution in [3.8, 4) is 0 Å². The van der Waals surface area contributed by atoms with Crippen LogP contribution in [-0.4, -0.2) is 59.3 Å². The van der Waals surface area contributed by atoms with Crippen molar-refractivity contribution in [3.63, 3.8) is 0 Å². The first-order valence-corrected chi connectivity index (χ1v) is 27.4. The molecule has 0 aromatic carbocycles. The van der Waals surface area contributed by atoms with Crippen LogP contribution in [0.5, 0.6) is 0 Å². The summed E-state index contributed by atoms with van der Waals surface area (Å²) in [6.07, 6.45) is 54.3.